The maximum Gasteiger partial charge on any atom is 0.283 e. The molecule has 2 aromatic rings. The Morgan fingerprint density at radius 2 is 2.13 bits per heavy atom. The normalized spacial score (nSPS) is 14.6. The number of aryl methyl sites for hydroxylation is 1. The third kappa shape index (κ3) is 3.50. The van der Waals surface area contributed by atoms with Gasteiger partial charge in [0.1, 0.15) is 11.4 Å². The number of nitrogens with one attached hydrogen (secondary N) is 1. The number of hydrogen-bond donors (Lipinski definition) is 1. The summed E-state index contributed by atoms with van der Waals surface area (Å²) in [6.07, 6.45) is -1.18. The zero-order valence-electron chi connectivity index (χ0n) is 12.0. The molecule has 0 atom stereocenters. The second-order valence-corrected chi connectivity index (χ2v) is 6.83. The molecule has 1 N–H and O–H groups in total. The maximum absolute atomic E-state index is 12.4. The Morgan fingerprint density at radius 1 is 1.30 bits per heavy atom. The van der Waals surface area contributed by atoms with Crippen molar-refractivity contribution in [3.8, 4) is 5.75 Å². The van der Waals surface area contributed by atoms with Crippen LogP contribution >= 0.6 is 0 Å². The number of aromatic nitrogens is 1. The topological polar surface area (TPSA) is 81.4 Å². The minimum Gasteiger partial charge on any atom is -0.493 e. The van der Waals surface area contributed by atoms with Gasteiger partial charge in [0.25, 0.3) is 6.43 Å². The average Bonchev–Trinajstić information content (AvgIpc) is 3.02. The van der Waals surface area contributed by atoms with E-state index < -0.39 is 22.1 Å². The van der Waals surface area contributed by atoms with Crippen LogP contribution in [0.25, 0.3) is 0 Å². The SMILES string of the molecule is O=S(=O)(NCc1cc(C(F)F)no1)c1ccc2c(c1)CCCO2. The molecule has 3 rings (SSSR count). The van der Waals surface area contributed by atoms with E-state index in [1.807, 2.05) is 0 Å². The Kier molecular flexibility index (Phi) is 4.31. The van der Waals surface area contributed by atoms with E-state index in [0.717, 1.165) is 24.5 Å². The minimum atomic E-state index is -3.78. The molecule has 0 saturated carbocycles. The highest BCUT2D eigenvalue weighted by molar-refractivity contribution is 7.89. The highest BCUT2D eigenvalue weighted by Gasteiger charge is 2.20. The van der Waals surface area contributed by atoms with Gasteiger partial charge in [-0.3, -0.25) is 0 Å². The lowest BCUT2D eigenvalue weighted by atomic mass is 10.1. The number of fused-ring (bicyclic) bond motifs is 1. The molecule has 1 aliphatic heterocycles. The number of nitrogens with zero attached hydrogens (tertiary/aromatic N) is 1. The molecule has 0 radical (unpaired) electrons. The van der Waals surface area contributed by atoms with Crippen molar-refractivity contribution in [2.24, 2.45) is 0 Å². The fourth-order valence-corrected chi connectivity index (χ4v) is 3.31. The Balaban J connectivity index is 1.73. The Morgan fingerprint density at radius 3 is 2.87 bits per heavy atom. The van der Waals surface area contributed by atoms with Crippen molar-refractivity contribution < 1.29 is 26.5 Å². The molecule has 0 amide bonds. The quantitative estimate of drug-likeness (QED) is 0.901. The molecule has 0 aliphatic carbocycles. The largest absolute Gasteiger partial charge is 0.493 e. The van der Waals surface area contributed by atoms with E-state index in [2.05, 4.69) is 14.4 Å². The molecule has 23 heavy (non-hydrogen) atoms. The molecule has 0 spiro atoms. The number of sulfonamides is 1. The smallest absolute Gasteiger partial charge is 0.283 e. The maximum atomic E-state index is 12.4. The Bertz CT molecular complexity index is 805. The first-order valence-electron chi connectivity index (χ1n) is 6.95. The van der Waals surface area contributed by atoms with E-state index in [9.17, 15) is 17.2 Å². The van der Waals surface area contributed by atoms with Gasteiger partial charge in [0.2, 0.25) is 10.0 Å². The summed E-state index contributed by atoms with van der Waals surface area (Å²) in [5.41, 5.74) is 0.309. The summed E-state index contributed by atoms with van der Waals surface area (Å²) >= 11 is 0. The van der Waals surface area contributed by atoms with E-state index in [1.165, 1.54) is 6.07 Å². The summed E-state index contributed by atoms with van der Waals surface area (Å²) < 4.78 is 61.8. The summed E-state index contributed by atoms with van der Waals surface area (Å²) in [6, 6.07) is 5.64. The first kappa shape index (κ1) is 15.9. The zero-order chi connectivity index (χ0) is 16.4. The molecule has 9 heteroatoms. The van der Waals surface area contributed by atoms with Gasteiger partial charge >= 0.3 is 0 Å². The monoisotopic (exact) mass is 344 g/mol. The Hall–Kier alpha value is -2.00. The fourth-order valence-electron chi connectivity index (χ4n) is 2.27. The van der Waals surface area contributed by atoms with Crippen LogP contribution in [0.5, 0.6) is 5.75 Å². The standard InChI is InChI=1S/C14H14F2N2O4S/c15-14(16)12-7-10(22-18-12)8-17-23(19,20)11-3-4-13-9(6-11)2-1-5-21-13/h3-4,6-7,14,17H,1-2,5,8H2. The van der Waals surface area contributed by atoms with Crippen molar-refractivity contribution in [3.63, 3.8) is 0 Å². The van der Waals surface area contributed by atoms with Gasteiger partial charge in [0.15, 0.2) is 5.76 Å². The number of benzene rings is 1. The van der Waals surface area contributed by atoms with E-state index in [1.54, 1.807) is 12.1 Å². The van der Waals surface area contributed by atoms with Crippen molar-refractivity contribution in [3.05, 3.63) is 41.3 Å². The summed E-state index contributed by atoms with van der Waals surface area (Å²) in [5, 5.41) is 3.17. The molecular formula is C14H14F2N2O4S. The van der Waals surface area contributed by atoms with Crippen LogP contribution in [0.4, 0.5) is 8.78 Å². The molecule has 0 unspecified atom stereocenters. The van der Waals surface area contributed by atoms with Crippen LogP contribution in [0.3, 0.4) is 0 Å². The van der Waals surface area contributed by atoms with Crippen LogP contribution in [0.2, 0.25) is 0 Å². The summed E-state index contributed by atoms with van der Waals surface area (Å²) in [5.74, 6) is 0.706. The van der Waals surface area contributed by atoms with Crippen LogP contribution in [0.15, 0.2) is 33.7 Å². The van der Waals surface area contributed by atoms with Crippen LogP contribution in [0.1, 0.15) is 29.9 Å². The predicted octanol–water partition coefficient (Wildman–Crippen LogP) is 2.42. The van der Waals surface area contributed by atoms with E-state index in [4.69, 9.17) is 4.74 Å². The molecule has 0 fully saturated rings. The van der Waals surface area contributed by atoms with Crippen LogP contribution in [-0.4, -0.2) is 20.2 Å². The number of hydrogen-bond acceptors (Lipinski definition) is 5. The molecule has 2 heterocycles. The van der Waals surface area contributed by atoms with Gasteiger partial charge in [-0.1, -0.05) is 5.16 Å². The number of alkyl halides is 2. The van der Waals surface area contributed by atoms with Gasteiger partial charge in [-0.05, 0) is 36.6 Å². The van der Waals surface area contributed by atoms with E-state index in [-0.39, 0.29) is 17.2 Å². The van der Waals surface area contributed by atoms with Crippen LogP contribution < -0.4 is 9.46 Å². The van der Waals surface area contributed by atoms with Crippen molar-refractivity contribution in [2.75, 3.05) is 6.61 Å². The van der Waals surface area contributed by atoms with Crippen molar-refractivity contribution >= 4 is 10.0 Å². The van der Waals surface area contributed by atoms with E-state index >= 15 is 0 Å². The predicted molar refractivity (Wildman–Crippen MR) is 75.7 cm³/mol. The molecular weight excluding hydrogens is 330 g/mol. The highest BCUT2D eigenvalue weighted by Crippen LogP contribution is 2.27. The van der Waals surface area contributed by atoms with Gasteiger partial charge in [0.05, 0.1) is 18.0 Å². The molecule has 1 aliphatic rings. The van der Waals surface area contributed by atoms with Crippen LogP contribution in [0, 0.1) is 0 Å². The summed E-state index contributed by atoms with van der Waals surface area (Å²) in [4.78, 5) is 0.0929. The second kappa shape index (κ2) is 6.25. The zero-order valence-corrected chi connectivity index (χ0v) is 12.8. The van der Waals surface area contributed by atoms with E-state index in [0.29, 0.717) is 12.4 Å². The molecule has 6 nitrogen and oxygen atoms in total. The number of halogens is 2. The van der Waals surface area contributed by atoms with Crippen molar-refractivity contribution in [1.29, 1.82) is 0 Å². The van der Waals surface area contributed by atoms with Gasteiger partial charge in [-0.25, -0.2) is 21.9 Å². The van der Waals surface area contributed by atoms with Gasteiger partial charge in [0, 0.05) is 6.07 Å². The van der Waals surface area contributed by atoms with Gasteiger partial charge in [-0.2, -0.15) is 0 Å². The first-order chi connectivity index (χ1) is 11.0. The molecule has 1 aromatic carbocycles. The average molecular weight is 344 g/mol. The fraction of sp³-hybridized carbons (Fsp3) is 0.357. The summed E-state index contributed by atoms with van der Waals surface area (Å²) in [7, 11) is -3.78. The lowest BCUT2D eigenvalue weighted by Crippen LogP contribution is -2.23. The van der Waals surface area contributed by atoms with Crippen LogP contribution in [-0.2, 0) is 23.0 Å². The third-order valence-electron chi connectivity index (χ3n) is 3.43. The molecule has 0 saturated heterocycles. The number of ether oxygens (including phenoxy) is 1. The molecule has 1 aromatic heterocycles. The summed E-state index contributed by atoms with van der Waals surface area (Å²) in [6.45, 7) is 0.366. The van der Waals surface area contributed by atoms with Crippen molar-refractivity contribution in [1.82, 2.24) is 9.88 Å². The van der Waals surface area contributed by atoms with Gasteiger partial charge in [-0.15, -0.1) is 0 Å². The Labute approximate surface area is 131 Å². The molecule has 0 bridgehead atoms. The molecule has 124 valence electrons. The first-order valence-corrected chi connectivity index (χ1v) is 8.43. The lowest BCUT2D eigenvalue weighted by Gasteiger charge is -2.17. The minimum absolute atomic E-state index is 0.0187. The van der Waals surface area contributed by atoms with Gasteiger partial charge < -0.3 is 9.26 Å². The third-order valence-corrected chi connectivity index (χ3v) is 4.83. The number of rotatable bonds is 5. The van der Waals surface area contributed by atoms with Crippen molar-refractivity contribution in [2.45, 2.75) is 30.7 Å². The lowest BCUT2D eigenvalue weighted by molar-refractivity contribution is 0.140. The highest BCUT2D eigenvalue weighted by atomic mass is 32.2. The second-order valence-electron chi connectivity index (χ2n) is 5.06.